The Morgan fingerprint density at radius 2 is 1.87 bits per heavy atom. The fraction of sp³-hybridized carbons (Fsp3) is 0.143. The molecule has 0 aliphatic carbocycles. The van der Waals surface area contributed by atoms with Crippen LogP contribution in [0.3, 0.4) is 0 Å². The maximum Gasteiger partial charge on any atom is 0.319 e. The fourth-order valence-electron chi connectivity index (χ4n) is 2.78. The number of hydrogen-bond acceptors (Lipinski definition) is 6. The van der Waals surface area contributed by atoms with Crippen LogP contribution in [0.1, 0.15) is 28.9 Å². The van der Waals surface area contributed by atoms with Crippen LogP contribution >= 0.6 is 11.6 Å². The molecule has 0 bridgehead atoms. The van der Waals surface area contributed by atoms with Gasteiger partial charge in [-0.2, -0.15) is 4.98 Å². The number of halogens is 1. The number of benzene rings is 2. The first-order valence-corrected chi connectivity index (χ1v) is 9.78. The van der Waals surface area contributed by atoms with Crippen molar-refractivity contribution in [3.8, 4) is 0 Å². The zero-order valence-electron chi connectivity index (χ0n) is 16.9. The minimum atomic E-state index is -0.641. The molecular formula is C21H22ClN7O2. The van der Waals surface area contributed by atoms with Gasteiger partial charge in [-0.3, -0.25) is 4.79 Å². The summed E-state index contributed by atoms with van der Waals surface area (Å²) in [7, 11) is 1.50. The van der Waals surface area contributed by atoms with Gasteiger partial charge in [0.15, 0.2) is 0 Å². The molecule has 3 amide bonds. The van der Waals surface area contributed by atoms with Gasteiger partial charge in [-0.05, 0) is 30.7 Å². The molecule has 1 aromatic heterocycles. The summed E-state index contributed by atoms with van der Waals surface area (Å²) in [5.74, 6) is -0.0992. The molecular weight excluding hydrogens is 418 g/mol. The molecule has 0 saturated heterocycles. The summed E-state index contributed by atoms with van der Waals surface area (Å²) in [4.78, 5) is 32.0. The van der Waals surface area contributed by atoms with Crippen LogP contribution in [0.4, 0.5) is 27.9 Å². The summed E-state index contributed by atoms with van der Waals surface area (Å²) in [6, 6.07) is 14.2. The summed E-state index contributed by atoms with van der Waals surface area (Å²) in [6.45, 7) is 1.95. The first kappa shape index (κ1) is 21.8. The van der Waals surface area contributed by atoms with Crippen molar-refractivity contribution in [3.63, 3.8) is 0 Å². The lowest BCUT2D eigenvalue weighted by molar-refractivity contribution is 0.100. The molecule has 0 spiro atoms. The second kappa shape index (κ2) is 9.77. The van der Waals surface area contributed by atoms with E-state index >= 15 is 0 Å². The van der Waals surface area contributed by atoms with Crippen LogP contribution in [-0.2, 0) is 0 Å². The van der Waals surface area contributed by atoms with E-state index in [0.29, 0.717) is 22.2 Å². The second-order valence-electron chi connectivity index (χ2n) is 6.62. The number of nitrogens with one attached hydrogen (secondary N) is 4. The summed E-state index contributed by atoms with van der Waals surface area (Å²) in [5, 5.41) is 11.7. The van der Waals surface area contributed by atoms with Crippen LogP contribution < -0.4 is 27.0 Å². The highest BCUT2D eigenvalue weighted by Gasteiger charge is 2.16. The standard InChI is InChI=1S/C21H22ClN7O2/c1-12(13-6-4-3-5-7-13)26-19-15(18(23)30)11-25-20(29-19)27-14-8-9-16(22)17(10-14)28-21(31)24-2/h3-12H,1-2H3,(H2,23,30)(H2,24,28,31)(H2,25,26,27,29). The number of primary amides is 1. The van der Waals surface area contributed by atoms with E-state index in [4.69, 9.17) is 17.3 Å². The molecule has 10 heteroatoms. The molecule has 3 rings (SSSR count). The highest BCUT2D eigenvalue weighted by Crippen LogP contribution is 2.28. The molecule has 1 unspecified atom stereocenters. The van der Waals surface area contributed by atoms with E-state index in [0.717, 1.165) is 5.56 Å². The van der Waals surface area contributed by atoms with Crippen molar-refractivity contribution in [2.24, 2.45) is 5.73 Å². The maximum atomic E-state index is 11.8. The largest absolute Gasteiger partial charge is 0.365 e. The van der Waals surface area contributed by atoms with Crippen molar-refractivity contribution in [3.05, 3.63) is 70.9 Å². The Hall–Kier alpha value is -3.85. The molecule has 0 radical (unpaired) electrons. The lowest BCUT2D eigenvalue weighted by Gasteiger charge is -2.17. The van der Waals surface area contributed by atoms with Crippen molar-refractivity contribution in [2.75, 3.05) is 23.0 Å². The number of nitrogens with zero attached hydrogens (tertiary/aromatic N) is 2. The molecule has 1 atom stereocenters. The van der Waals surface area contributed by atoms with E-state index in [-0.39, 0.29) is 17.6 Å². The maximum absolute atomic E-state index is 11.8. The number of nitrogens with two attached hydrogens (primary N) is 1. The van der Waals surface area contributed by atoms with Crippen molar-refractivity contribution in [2.45, 2.75) is 13.0 Å². The third-order valence-corrected chi connectivity index (χ3v) is 4.73. The summed E-state index contributed by atoms with van der Waals surface area (Å²) < 4.78 is 0. The fourth-order valence-corrected chi connectivity index (χ4v) is 2.94. The van der Waals surface area contributed by atoms with Gasteiger partial charge < -0.3 is 27.0 Å². The number of aromatic nitrogens is 2. The van der Waals surface area contributed by atoms with Gasteiger partial charge in [-0.1, -0.05) is 41.9 Å². The van der Waals surface area contributed by atoms with Gasteiger partial charge in [0.1, 0.15) is 5.82 Å². The predicted octanol–water partition coefficient (Wildman–Crippen LogP) is 3.90. The molecule has 0 saturated carbocycles. The number of anilines is 4. The van der Waals surface area contributed by atoms with E-state index in [1.54, 1.807) is 18.2 Å². The number of amides is 3. The monoisotopic (exact) mass is 439 g/mol. The molecule has 3 aromatic rings. The molecule has 6 N–H and O–H groups in total. The Morgan fingerprint density at radius 1 is 1.13 bits per heavy atom. The zero-order chi connectivity index (χ0) is 22.4. The van der Waals surface area contributed by atoms with Crippen LogP contribution in [0.2, 0.25) is 5.02 Å². The van der Waals surface area contributed by atoms with Crippen LogP contribution in [0, 0.1) is 0 Å². The average molecular weight is 440 g/mol. The quantitative estimate of drug-likeness (QED) is 0.379. The van der Waals surface area contributed by atoms with Crippen molar-refractivity contribution < 1.29 is 9.59 Å². The molecule has 2 aromatic carbocycles. The average Bonchev–Trinajstić information content (AvgIpc) is 2.76. The molecule has 0 fully saturated rings. The van der Waals surface area contributed by atoms with E-state index in [2.05, 4.69) is 31.2 Å². The summed E-state index contributed by atoms with van der Waals surface area (Å²) >= 11 is 6.13. The van der Waals surface area contributed by atoms with E-state index < -0.39 is 11.9 Å². The van der Waals surface area contributed by atoms with E-state index in [9.17, 15) is 9.59 Å². The van der Waals surface area contributed by atoms with Crippen molar-refractivity contribution >= 4 is 46.7 Å². The Kier molecular flexibility index (Phi) is 6.88. The third kappa shape index (κ3) is 5.61. The van der Waals surface area contributed by atoms with Gasteiger partial charge in [-0.15, -0.1) is 0 Å². The Bertz CT molecular complexity index is 1090. The predicted molar refractivity (Wildman–Crippen MR) is 122 cm³/mol. The minimum absolute atomic E-state index is 0.124. The van der Waals surface area contributed by atoms with Gasteiger partial charge in [-0.25, -0.2) is 9.78 Å². The van der Waals surface area contributed by atoms with E-state index in [1.807, 2.05) is 37.3 Å². The van der Waals surface area contributed by atoms with Gasteiger partial charge in [0.2, 0.25) is 5.95 Å². The van der Waals surface area contributed by atoms with Crippen molar-refractivity contribution in [1.82, 2.24) is 15.3 Å². The van der Waals surface area contributed by atoms with Crippen LogP contribution in [-0.4, -0.2) is 29.0 Å². The molecule has 1 heterocycles. The van der Waals surface area contributed by atoms with Crippen LogP contribution in [0.15, 0.2) is 54.7 Å². The summed E-state index contributed by atoms with van der Waals surface area (Å²) in [6.07, 6.45) is 1.36. The Balaban J connectivity index is 1.86. The molecule has 0 aliphatic rings. The third-order valence-electron chi connectivity index (χ3n) is 4.40. The van der Waals surface area contributed by atoms with Gasteiger partial charge >= 0.3 is 6.03 Å². The van der Waals surface area contributed by atoms with Gasteiger partial charge in [0.25, 0.3) is 5.91 Å². The number of rotatable bonds is 7. The topological polar surface area (TPSA) is 134 Å². The van der Waals surface area contributed by atoms with E-state index in [1.165, 1.54) is 13.2 Å². The summed E-state index contributed by atoms with van der Waals surface area (Å²) in [5.41, 5.74) is 7.68. The SMILES string of the molecule is CNC(=O)Nc1cc(Nc2ncc(C(N)=O)c(NC(C)c3ccccc3)n2)ccc1Cl. The van der Waals surface area contributed by atoms with Gasteiger partial charge in [0.05, 0.1) is 16.3 Å². The normalized spacial score (nSPS) is 11.3. The lowest BCUT2D eigenvalue weighted by Crippen LogP contribution is -2.24. The number of carbonyl (C=O) groups excluding carboxylic acids is 2. The molecule has 9 nitrogen and oxygen atoms in total. The number of hydrogen-bond donors (Lipinski definition) is 5. The van der Waals surface area contributed by atoms with Gasteiger partial charge in [0, 0.05) is 25.0 Å². The van der Waals surface area contributed by atoms with Crippen LogP contribution in [0.25, 0.3) is 0 Å². The first-order chi connectivity index (χ1) is 14.9. The number of urea groups is 1. The molecule has 31 heavy (non-hydrogen) atoms. The highest BCUT2D eigenvalue weighted by molar-refractivity contribution is 6.33. The first-order valence-electron chi connectivity index (χ1n) is 9.41. The molecule has 0 aliphatic heterocycles. The second-order valence-corrected chi connectivity index (χ2v) is 7.03. The van der Waals surface area contributed by atoms with Crippen molar-refractivity contribution in [1.29, 1.82) is 0 Å². The van der Waals surface area contributed by atoms with Crippen LogP contribution in [0.5, 0.6) is 0 Å². The Labute approximate surface area is 184 Å². The minimum Gasteiger partial charge on any atom is -0.365 e. The highest BCUT2D eigenvalue weighted by atomic mass is 35.5. The molecule has 160 valence electrons. The Morgan fingerprint density at radius 3 is 2.55 bits per heavy atom. The zero-order valence-corrected chi connectivity index (χ0v) is 17.7. The lowest BCUT2D eigenvalue weighted by atomic mass is 10.1. The number of carbonyl (C=O) groups is 2. The smallest absolute Gasteiger partial charge is 0.319 e.